The Morgan fingerprint density at radius 3 is 2.18 bits per heavy atom. The third kappa shape index (κ3) is 3.67. The Hall–Kier alpha value is -3.94. The zero-order valence-corrected chi connectivity index (χ0v) is 19.2. The topological polar surface area (TPSA) is 77.4 Å². The molecule has 3 heterocycles. The van der Waals surface area contributed by atoms with Gasteiger partial charge in [0.25, 0.3) is 5.56 Å². The molecule has 8 nitrogen and oxygen atoms in total. The number of benzene rings is 2. The molecule has 4 aromatic rings. The summed E-state index contributed by atoms with van der Waals surface area (Å²) in [6.07, 6.45) is 0. The normalized spacial score (nSPS) is 13.3. The maximum Gasteiger partial charge on any atom is 0.332 e. The molecule has 33 heavy (non-hydrogen) atoms. The molecule has 0 saturated heterocycles. The largest absolute Gasteiger partial charge is 0.332 e. The van der Waals surface area contributed by atoms with Gasteiger partial charge < -0.3 is 0 Å². The maximum absolute atomic E-state index is 13.6. The Bertz CT molecular complexity index is 1540. The van der Waals surface area contributed by atoms with E-state index in [4.69, 9.17) is 10.1 Å². The summed E-state index contributed by atoms with van der Waals surface area (Å²) < 4.78 is 4.62. The maximum atomic E-state index is 13.6. The van der Waals surface area contributed by atoms with E-state index in [0.29, 0.717) is 30.2 Å². The molecule has 0 atom stereocenters. The molecule has 1 aliphatic heterocycles. The van der Waals surface area contributed by atoms with Crippen molar-refractivity contribution in [1.29, 1.82) is 0 Å². The molecule has 0 aliphatic carbocycles. The monoisotopic (exact) mass is 442 g/mol. The number of anilines is 1. The Kier molecular flexibility index (Phi) is 5.00. The first-order valence-corrected chi connectivity index (χ1v) is 10.9. The molecule has 0 unspecified atom stereocenters. The molecule has 0 bridgehead atoms. The number of imidazole rings is 1. The van der Waals surface area contributed by atoms with Crippen LogP contribution in [0.25, 0.3) is 11.2 Å². The van der Waals surface area contributed by atoms with Crippen LogP contribution in [0.2, 0.25) is 0 Å². The molecule has 0 amide bonds. The SMILES string of the molecule is CC1=NN(Cc2cccc(C)c2)c2nc3c(c(=O)n(Cc4cccc(C)c4)c(=O)n3C)n2C1. The first-order valence-electron chi connectivity index (χ1n) is 10.9. The number of aromatic nitrogens is 4. The van der Waals surface area contributed by atoms with Crippen LogP contribution in [0.4, 0.5) is 5.95 Å². The summed E-state index contributed by atoms with van der Waals surface area (Å²) in [7, 11) is 1.66. The van der Waals surface area contributed by atoms with Crippen molar-refractivity contribution >= 4 is 22.8 Å². The van der Waals surface area contributed by atoms with E-state index in [1.165, 1.54) is 14.7 Å². The second-order valence-electron chi connectivity index (χ2n) is 8.77. The first kappa shape index (κ1) is 20.9. The number of aryl methyl sites for hydroxylation is 3. The smallest absolute Gasteiger partial charge is 0.297 e. The highest BCUT2D eigenvalue weighted by Gasteiger charge is 2.26. The molecule has 0 N–H and O–H groups in total. The number of rotatable bonds is 4. The molecule has 5 rings (SSSR count). The van der Waals surface area contributed by atoms with Crippen molar-refractivity contribution in [1.82, 2.24) is 18.7 Å². The van der Waals surface area contributed by atoms with Crippen LogP contribution in [0.3, 0.4) is 0 Å². The molecule has 0 radical (unpaired) electrons. The minimum absolute atomic E-state index is 0.212. The summed E-state index contributed by atoms with van der Waals surface area (Å²) in [6, 6.07) is 16.1. The van der Waals surface area contributed by atoms with Crippen molar-refractivity contribution in [3.63, 3.8) is 0 Å². The van der Waals surface area contributed by atoms with Crippen molar-refractivity contribution in [3.8, 4) is 0 Å². The summed E-state index contributed by atoms with van der Waals surface area (Å²) in [5, 5.41) is 6.50. The van der Waals surface area contributed by atoms with Gasteiger partial charge in [0.2, 0.25) is 5.95 Å². The van der Waals surface area contributed by atoms with Crippen LogP contribution >= 0.6 is 0 Å². The minimum Gasteiger partial charge on any atom is -0.297 e. The lowest BCUT2D eigenvalue weighted by Crippen LogP contribution is -2.40. The summed E-state index contributed by atoms with van der Waals surface area (Å²) in [4.78, 5) is 31.4. The number of hydrogen-bond donors (Lipinski definition) is 0. The van der Waals surface area contributed by atoms with Gasteiger partial charge in [-0.2, -0.15) is 10.1 Å². The van der Waals surface area contributed by atoms with Crippen LogP contribution < -0.4 is 16.3 Å². The van der Waals surface area contributed by atoms with Crippen LogP contribution in [0.5, 0.6) is 0 Å². The molecule has 168 valence electrons. The van der Waals surface area contributed by atoms with E-state index in [1.807, 2.05) is 59.8 Å². The summed E-state index contributed by atoms with van der Waals surface area (Å²) in [6.45, 7) is 7.17. The van der Waals surface area contributed by atoms with Gasteiger partial charge in [0, 0.05) is 7.05 Å². The second-order valence-corrected chi connectivity index (χ2v) is 8.77. The Labute approximate surface area is 191 Å². The van der Waals surface area contributed by atoms with Gasteiger partial charge in [-0.3, -0.25) is 18.5 Å². The van der Waals surface area contributed by atoms with Crippen LogP contribution in [0, 0.1) is 13.8 Å². The zero-order chi connectivity index (χ0) is 23.3. The molecule has 0 spiro atoms. The fourth-order valence-electron chi connectivity index (χ4n) is 4.44. The van der Waals surface area contributed by atoms with Crippen LogP contribution in [0.15, 0.2) is 63.2 Å². The predicted molar refractivity (Wildman–Crippen MR) is 130 cm³/mol. The molecular formula is C25H26N6O2. The lowest BCUT2D eigenvalue weighted by Gasteiger charge is -2.25. The van der Waals surface area contributed by atoms with Gasteiger partial charge in [-0.15, -0.1) is 0 Å². The van der Waals surface area contributed by atoms with Crippen LogP contribution in [-0.2, 0) is 26.7 Å². The Morgan fingerprint density at radius 2 is 1.55 bits per heavy atom. The summed E-state index contributed by atoms with van der Waals surface area (Å²) >= 11 is 0. The van der Waals surface area contributed by atoms with Crippen LogP contribution in [0.1, 0.15) is 29.2 Å². The third-order valence-corrected chi connectivity index (χ3v) is 5.96. The van der Waals surface area contributed by atoms with E-state index in [1.54, 1.807) is 7.05 Å². The highest BCUT2D eigenvalue weighted by molar-refractivity contribution is 5.87. The molecular weight excluding hydrogens is 416 g/mol. The lowest BCUT2D eigenvalue weighted by molar-refractivity contribution is 0.653. The first-order chi connectivity index (χ1) is 15.8. The Balaban J connectivity index is 1.66. The van der Waals surface area contributed by atoms with Gasteiger partial charge >= 0.3 is 5.69 Å². The zero-order valence-electron chi connectivity index (χ0n) is 19.2. The van der Waals surface area contributed by atoms with E-state index in [9.17, 15) is 9.59 Å². The average molecular weight is 443 g/mol. The van der Waals surface area contributed by atoms with Crippen molar-refractivity contribution in [2.45, 2.75) is 40.4 Å². The second kappa shape index (κ2) is 7.88. The standard InChI is InChI=1S/C25H26N6O2/c1-16-7-5-9-19(11-16)14-30-23(32)21-22(28(4)25(30)33)26-24-29(21)13-18(3)27-31(24)15-20-10-6-8-17(2)12-20/h5-12H,13-15H2,1-4H3. The molecule has 2 aromatic carbocycles. The van der Waals surface area contributed by atoms with E-state index >= 15 is 0 Å². The molecule has 0 fully saturated rings. The predicted octanol–water partition coefficient (Wildman–Crippen LogP) is 2.96. The lowest BCUT2D eigenvalue weighted by atomic mass is 10.1. The van der Waals surface area contributed by atoms with Gasteiger partial charge in [-0.05, 0) is 31.9 Å². The number of fused-ring (bicyclic) bond motifs is 3. The van der Waals surface area contributed by atoms with Gasteiger partial charge in [0.05, 0.1) is 25.3 Å². The van der Waals surface area contributed by atoms with E-state index < -0.39 is 0 Å². The third-order valence-electron chi connectivity index (χ3n) is 5.96. The van der Waals surface area contributed by atoms with Crippen LogP contribution in [-0.4, -0.2) is 24.4 Å². The van der Waals surface area contributed by atoms with Crippen molar-refractivity contribution in [2.75, 3.05) is 5.01 Å². The molecule has 1 aliphatic rings. The molecule has 2 aromatic heterocycles. The highest BCUT2D eigenvalue weighted by Crippen LogP contribution is 2.25. The summed E-state index contributed by atoms with van der Waals surface area (Å²) in [5.74, 6) is 0.567. The van der Waals surface area contributed by atoms with E-state index in [-0.39, 0.29) is 17.8 Å². The number of hydrazone groups is 1. The van der Waals surface area contributed by atoms with Gasteiger partial charge in [0.1, 0.15) is 0 Å². The van der Waals surface area contributed by atoms with E-state index in [0.717, 1.165) is 22.4 Å². The van der Waals surface area contributed by atoms with Gasteiger partial charge in [0.15, 0.2) is 11.2 Å². The van der Waals surface area contributed by atoms with Gasteiger partial charge in [-0.1, -0.05) is 59.7 Å². The Morgan fingerprint density at radius 1 is 0.909 bits per heavy atom. The summed E-state index contributed by atoms with van der Waals surface area (Å²) in [5.41, 5.74) is 5.20. The average Bonchev–Trinajstić information content (AvgIpc) is 3.15. The number of nitrogens with zero attached hydrogens (tertiary/aromatic N) is 6. The molecule has 0 saturated carbocycles. The van der Waals surface area contributed by atoms with Gasteiger partial charge in [-0.25, -0.2) is 9.80 Å². The quantitative estimate of drug-likeness (QED) is 0.487. The fraction of sp³-hybridized carbons (Fsp3) is 0.280. The number of hydrogen-bond acceptors (Lipinski definition) is 5. The van der Waals surface area contributed by atoms with Crippen molar-refractivity contribution < 1.29 is 0 Å². The van der Waals surface area contributed by atoms with Crippen molar-refractivity contribution in [2.24, 2.45) is 12.1 Å². The fourth-order valence-corrected chi connectivity index (χ4v) is 4.44. The van der Waals surface area contributed by atoms with E-state index in [2.05, 4.69) is 19.1 Å². The molecule has 8 heteroatoms. The van der Waals surface area contributed by atoms with Crippen molar-refractivity contribution in [3.05, 3.63) is 91.6 Å². The minimum atomic E-state index is -0.382. The highest BCUT2D eigenvalue weighted by atomic mass is 16.2.